The second kappa shape index (κ2) is 5.33. The Labute approximate surface area is 128 Å². The molecule has 0 aromatic heterocycles. The van der Waals surface area contributed by atoms with Gasteiger partial charge in [0.2, 0.25) is 0 Å². The Balaban J connectivity index is 1.68. The third kappa shape index (κ3) is 2.97. The molecule has 0 atom stereocenters. The zero-order valence-corrected chi connectivity index (χ0v) is 13.5. The molecule has 114 valence electrons. The largest absolute Gasteiger partial charge is 0.494 e. The quantitative estimate of drug-likeness (QED) is 0.796. The molecule has 0 amide bonds. The molecule has 3 rings (SSSR count). The topological polar surface area (TPSA) is 27.7 Å². The van der Waals surface area contributed by atoms with Crippen molar-refractivity contribution < 1.29 is 14.0 Å². The van der Waals surface area contributed by atoms with Crippen molar-refractivity contribution in [1.29, 1.82) is 0 Å². The summed E-state index contributed by atoms with van der Waals surface area (Å²) in [6.45, 7) is 9.12. The summed E-state index contributed by atoms with van der Waals surface area (Å²) in [5, 5.41) is 0. The normalized spacial score (nSPS) is 23.9. The summed E-state index contributed by atoms with van der Waals surface area (Å²) in [4.78, 5) is 0. The van der Waals surface area contributed by atoms with E-state index in [2.05, 4.69) is 27.7 Å². The van der Waals surface area contributed by atoms with Gasteiger partial charge >= 0.3 is 7.12 Å². The molecule has 1 saturated heterocycles. The highest BCUT2D eigenvalue weighted by molar-refractivity contribution is 6.62. The molecule has 0 unspecified atom stereocenters. The van der Waals surface area contributed by atoms with Crippen molar-refractivity contribution in [1.82, 2.24) is 0 Å². The van der Waals surface area contributed by atoms with Crippen molar-refractivity contribution in [3.05, 3.63) is 24.3 Å². The van der Waals surface area contributed by atoms with Crippen molar-refractivity contribution >= 4 is 12.6 Å². The molecule has 1 aliphatic heterocycles. The first-order valence-corrected chi connectivity index (χ1v) is 7.96. The fraction of sp³-hybridized carbons (Fsp3) is 0.647. The van der Waals surface area contributed by atoms with Crippen LogP contribution in [0.3, 0.4) is 0 Å². The first kappa shape index (κ1) is 14.9. The molecule has 1 heterocycles. The summed E-state index contributed by atoms with van der Waals surface area (Å²) in [7, 11) is -0.317. The zero-order valence-electron chi connectivity index (χ0n) is 13.5. The molecule has 21 heavy (non-hydrogen) atoms. The minimum absolute atomic E-state index is 0.305. The highest BCUT2D eigenvalue weighted by atomic mass is 16.7. The Morgan fingerprint density at radius 2 is 1.81 bits per heavy atom. The van der Waals surface area contributed by atoms with Crippen LogP contribution in [-0.4, -0.2) is 24.9 Å². The summed E-state index contributed by atoms with van der Waals surface area (Å²) in [6, 6.07) is 8.10. The highest BCUT2D eigenvalue weighted by Crippen LogP contribution is 2.36. The van der Waals surface area contributed by atoms with Crippen LogP contribution in [0.4, 0.5) is 0 Å². The minimum Gasteiger partial charge on any atom is -0.493 e. The van der Waals surface area contributed by atoms with Crippen molar-refractivity contribution in [3.8, 4) is 5.75 Å². The molecule has 2 aliphatic rings. The highest BCUT2D eigenvalue weighted by Gasteiger charge is 2.51. The molecule has 0 N–H and O–H groups in total. The first-order chi connectivity index (χ1) is 9.87. The molecule has 4 heteroatoms. The van der Waals surface area contributed by atoms with Crippen molar-refractivity contribution in [2.75, 3.05) is 6.61 Å². The van der Waals surface area contributed by atoms with Gasteiger partial charge in [0.15, 0.2) is 0 Å². The van der Waals surface area contributed by atoms with Gasteiger partial charge in [-0.1, -0.05) is 18.6 Å². The molecule has 0 spiro atoms. The maximum Gasteiger partial charge on any atom is 0.494 e. The Morgan fingerprint density at radius 3 is 2.38 bits per heavy atom. The Hall–Kier alpha value is -0.995. The Kier molecular flexibility index (Phi) is 3.79. The molecule has 1 aliphatic carbocycles. The van der Waals surface area contributed by atoms with E-state index in [9.17, 15) is 0 Å². The van der Waals surface area contributed by atoms with Gasteiger partial charge in [-0.2, -0.15) is 0 Å². The average molecular weight is 288 g/mol. The van der Waals surface area contributed by atoms with Crippen LogP contribution in [0, 0.1) is 5.92 Å². The van der Waals surface area contributed by atoms with Gasteiger partial charge in [0.05, 0.1) is 17.8 Å². The van der Waals surface area contributed by atoms with E-state index in [1.54, 1.807) is 0 Å². The number of benzene rings is 1. The number of hydrogen-bond acceptors (Lipinski definition) is 3. The summed E-state index contributed by atoms with van der Waals surface area (Å²) < 4.78 is 18.1. The van der Waals surface area contributed by atoms with E-state index in [-0.39, 0.29) is 18.3 Å². The van der Waals surface area contributed by atoms with E-state index in [0.717, 1.165) is 23.7 Å². The summed E-state index contributed by atoms with van der Waals surface area (Å²) >= 11 is 0. The number of hydrogen-bond donors (Lipinski definition) is 0. The lowest BCUT2D eigenvalue weighted by atomic mass is 9.79. The smallest absolute Gasteiger partial charge is 0.493 e. The molecule has 1 saturated carbocycles. The van der Waals surface area contributed by atoms with Crippen LogP contribution < -0.4 is 10.2 Å². The lowest BCUT2D eigenvalue weighted by molar-refractivity contribution is 0.00578. The van der Waals surface area contributed by atoms with Gasteiger partial charge in [-0.15, -0.1) is 0 Å². The van der Waals surface area contributed by atoms with Crippen LogP contribution in [0.2, 0.25) is 0 Å². The second-order valence-corrected chi connectivity index (χ2v) is 7.27. The van der Waals surface area contributed by atoms with Crippen LogP contribution in [0.25, 0.3) is 0 Å². The fourth-order valence-corrected chi connectivity index (χ4v) is 2.60. The Morgan fingerprint density at radius 1 is 1.14 bits per heavy atom. The van der Waals surface area contributed by atoms with Crippen LogP contribution in [0.15, 0.2) is 24.3 Å². The van der Waals surface area contributed by atoms with E-state index in [1.165, 1.54) is 19.3 Å². The average Bonchev–Trinajstić information content (AvgIpc) is 2.57. The van der Waals surface area contributed by atoms with Crippen molar-refractivity contribution in [2.24, 2.45) is 5.92 Å². The molecule has 0 bridgehead atoms. The molecular weight excluding hydrogens is 263 g/mol. The third-order valence-corrected chi connectivity index (χ3v) is 5.09. The maximum atomic E-state index is 6.09. The van der Waals surface area contributed by atoms with E-state index in [0.29, 0.717) is 0 Å². The SMILES string of the molecule is CC1(C)OB(c2cccc(OCC3CCC3)c2)OC1(C)C. The summed E-state index contributed by atoms with van der Waals surface area (Å²) in [5.41, 5.74) is 0.417. The standard InChI is InChI=1S/C17H25BO3/c1-16(2)17(3,4)21-18(20-16)14-9-6-10-15(11-14)19-12-13-7-5-8-13/h6,9-11,13H,5,7-8,12H2,1-4H3. The molecule has 3 nitrogen and oxygen atoms in total. The van der Waals surface area contributed by atoms with E-state index < -0.39 is 0 Å². The Bertz CT molecular complexity index is 493. The number of ether oxygens (including phenoxy) is 1. The van der Waals surface area contributed by atoms with Crippen LogP contribution in [0.5, 0.6) is 5.75 Å². The fourth-order valence-electron chi connectivity index (χ4n) is 2.60. The lowest BCUT2D eigenvalue weighted by Gasteiger charge is -2.32. The zero-order chi connectivity index (χ0) is 15.1. The van der Waals surface area contributed by atoms with Gasteiger partial charge in [-0.25, -0.2) is 0 Å². The van der Waals surface area contributed by atoms with Gasteiger partial charge in [0.25, 0.3) is 0 Å². The molecule has 1 aromatic carbocycles. The van der Waals surface area contributed by atoms with Crippen molar-refractivity contribution in [2.45, 2.75) is 58.2 Å². The van der Waals surface area contributed by atoms with Crippen LogP contribution >= 0.6 is 0 Å². The van der Waals surface area contributed by atoms with Gasteiger partial charge in [0, 0.05) is 0 Å². The predicted molar refractivity (Wildman–Crippen MR) is 85.0 cm³/mol. The predicted octanol–water partition coefficient (Wildman–Crippen LogP) is 3.16. The monoisotopic (exact) mass is 288 g/mol. The molecule has 2 fully saturated rings. The lowest BCUT2D eigenvalue weighted by Crippen LogP contribution is -2.41. The van der Waals surface area contributed by atoms with Gasteiger partial charge in [-0.3, -0.25) is 0 Å². The van der Waals surface area contributed by atoms with E-state index in [1.807, 2.05) is 24.3 Å². The van der Waals surface area contributed by atoms with Gasteiger partial charge in [0.1, 0.15) is 5.75 Å². The molecular formula is C17H25BO3. The van der Waals surface area contributed by atoms with Crippen LogP contribution in [-0.2, 0) is 9.31 Å². The van der Waals surface area contributed by atoms with E-state index >= 15 is 0 Å². The second-order valence-electron chi connectivity index (χ2n) is 7.27. The van der Waals surface area contributed by atoms with Gasteiger partial charge < -0.3 is 14.0 Å². The molecule has 1 aromatic rings. The van der Waals surface area contributed by atoms with Crippen molar-refractivity contribution in [3.63, 3.8) is 0 Å². The first-order valence-electron chi connectivity index (χ1n) is 7.96. The summed E-state index contributed by atoms with van der Waals surface area (Å²) in [5.74, 6) is 1.65. The number of rotatable bonds is 4. The maximum absolute atomic E-state index is 6.09. The van der Waals surface area contributed by atoms with Gasteiger partial charge in [-0.05, 0) is 64.1 Å². The third-order valence-electron chi connectivity index (χ3n) is 5.09. The van der Waals surface area contributed by atoms with E-state index in [4.69, 9.17) is 14.0 Å². The summed E-state index contributed by atoms with van der Waals surface area (Å²) in [6.07, 6.45) is 3.95. The minimum atomic E-state index is -0.317. The molecule has 0 radical (unpaired) electrons. The van der Waals surface area contributed by atoms with Crippen LogP contribution in [0.1, 0.15) is 47.0 Å².